The highest BCUT2D eigenvalue weighted by molar-refractivity contribution is 5.38. The normalized spacial score (nSPS) is 29.9. The highest BCUT2D eigenvalue weighted by Gasteiger charge is 2.32. The van der Waals surface area contributed by atoms with Crippen molar-refractivity contribution in [2.45, 2.75) is 25.0 Å². The Morgan fingerprint density at radius 2 is 2.00 bits per heavy atom. The zero-order chi connectivity index (χ0) is 13.2. The second kappa shape index (κ2) is 5.19. The average molecular weight is 258 g/mol. The third-order valence-electron chi connectivity index (χ3n) is 3.88. The Morgan fingerprint density at radius 1 is 1.21 bits per heavy atom. The van der Waals surface area contributed by atoms with Gasteiger partial charge in [-0.15, -0.1) is 0 Å². The lowest BCUT2D eigenvalue weighted by Gasteiger charge is -2.34. The molecule has 2 N–H and O–H groups in total. The SMILES string of the molecule is OCC1C=CC2=C(C1)C(c1ccccc1)CC(O)O2. The molecule has 0 amide bonds. The lowest BCUT2D eigenvalue weighted by atomic mass is 9.79. The minimum Gasteiger partial charge on any atom is -0.465 e. The first-order valence-electron chi connectivity index (χ1n) is 6.69. The maximum atomic E-state index is 9.86. The summed E-state index contributed by atoms with van der Waals surface area (Å²) < 4.78 is 5.50. The van der Waals surface area contributed by atoms with Crippen LogP contribution in [-0.4, -0.2) is 23.1 Å². The number of hydrogen-bond donors (Lipinski definition) is 2. The van der Waals surface area contributed by atoms with E-state index in [1.54, 1.807) is 0 Å². The Balaban J connectivity index is 1.96. The van der Waals surface area contributed by atoms with Gasteiger partial charge < -0.3 is 14.9 Å². The number of aliphatic hydroxyl groups excluding tert-OH is 2. The largest absolute Gasteiger partial charge is 0.465 e. The molecule has 1 aliphatic carbocycles. The van der Waals surface area contributed by atoms with Crippen LogP contribution in [0.5, 0.6) is 0 Å². The van der Waals surface area contributed by atoms with Gasteiger partial charge in [0.2, 0.25) is 0 Å². The maximum absolute atomic E-state index is 9.86. The third-order valence-corrected chi connectivity index (χ3v) is 3.88. The van der Waals surface area contributed by atoms with Crippen molar-refractivity contribution in [3.05, 3.63) is 59.4 Å². The van der Waals surface area contributed by atoms with Gasteiger partial charge >= 0.3 is 0 Å². The number of benzene rings is 1. The first kappa shape index (κ1) is 12.5. The van der Waals surface area contributed by atoms with E-state index in [0.717, 1.165) is 12.2 Å². The minimum absolute atomic E-state index is 0.150. The second-order valence-corrected chi connectivity index (χ2v) is 5.17. The van der Waals surface area contributed by atoms with Crippen LogP contribution in [0.2, 0.25) is 0 Å². The van der Waals surface area contributed by atoms with Gasteiger partial charge in [-0.3, -0.25) is 0 Å². The summed E-state index contributed by atoms with van der Waals surface area (Å²) in [7, 11) is 0. The van der Waals surface area contributed by atoms with E-state index in [9.17, 15) is 10.2 Å². The molecule has 0 saturated heterocycles. The highest BCUT2D eigenvalue weighted by atomic mass is 16.6. The Hall–Kier alpha value is -1.58. The predicted octanol–water partition coefficient (Wildman–Crippen LogP) is 2.33. The van der Waals surface area contributed by atoms with E-state index in [-0.39, 0.29) is 18.4 Å². The molecule has 0 aromatic heterocycles. The number of hydrogen-bond acceptors (Lipinski definition) is 3. The molecule has 2 aliphatic rings. The fraction of sp³-hybridized carbons (Fsp3) is 0.375. The van der Waals surface area contributed by atoms with Gasteiger partial charge in [0.05, 0.1) is 0 Å². The molecule has 1 aromatic rings. The second-order valence-electron chi connectivity index (χ2n) is 5.17. The molecule has 1 aromatic carbocycles. The molecule has 3 unspecified atom stereocenters. The average Bonchev–Trinajstić information content (AvgIpc) is 2.47. The van der Waals surface area contributed by atoms with E-state index >= 15 is 0 Å². The van der Waals surface area contributed by atoms with E-state index in [4.69, 9.17) is 4.74 Å². The van der Waals surface area contributed by atoms with Gasteiger partial charge in [-0.25, -0.2) is 0 Å². The van der Waals surface area contributed by atoms with Gasteiger partial charge in [0, 0.05) is 24.9 Å². The Labute approximate surface area is 112 Å². The first-order chi connectivity index (χ1) is 9.28. The van der Waals surface area contributed by atoms with Crippen LogP contribution in [0.4, 0.5) is 0 Å². The van der Waals surface area contributed by atoms with Crippen LogP contribution in [0.3, 0.4) is 0 Å². The molecule has 0 radical (unpaired) electrons. The lowest BCUT2D eigenvalue weighted by molar-refractivity contribution is -0.0801. The summed E-state index contributed by atoms with van der Waals surface area (Å²) >= 11 is 0. The van der Waals surface area contributed by atoms with Crippen molar-refractivity contribution in [1.82, 2.24) is 0 Å². The van der Waals surface area contributed by atoms with E-state index in [0.29, 0.717) is 6.42 Å². The Kier molecular flexibility index (Phi) is 3.40. The molecular weight excluding hydrogens is 240 g/mol. The molecule has 3 atom stereocenters. The van der Waals surface area contributed by atoms with Crippen LogP contribution in [0.1, 0.15) is 24.3 Å². The smallest absolute Gasteiger partial charge is 0.198 e. The van der Waals surface area contributed by atoms with Gasteiger partial charge in [-0.1, -0.05) is 36.4 Å². The summed E-state index contributed by atoms with van der Waals surface area (Å²) in [5.74, 6) is 1.11. The number of aliphatic hydroxyl groups is 2. The van der Waals surface area contributed by atoms with Crippen molar-refractivity contribution < 1.29 is 14.9 Å². The van der Waals surface area contributed by atoms with Crippen molar-refractivity contribution in [3.8, 4) is 0 Å². The number of ether oxygens (including phenoxy) is 1. The molecule has 1 aliphatic heterocycles. The van der Waals surface area contributed by atoms with Gasteiger partial charge in [-0.05, 0) is 23.6 Å². The maximum Gasteiger partial charge on any atom is 0.198 e. The molecule has 19 heavy (non-hydrogen) atoms. The van der Waals surface area contributed by atoms with Gasteiger partial charge in [0.25, 0.3) is 0 Å². The van der Waals surface area contributed by atoms with Crippen molar-refractivity contribution in [3.63, 3.8) is 0 Å². The van der Waals surface area contributed by atoms with E-state index in [1.807, 2.05) is 30.4 Å². The van der Waals surface area contributed by atoms with Crippen molar-refractivity contribution in [2.75, 3.05) is 6.61 Å². The first-order valence-corrected chi connectivity index (χ1v) is 6.69. The highest BCUT2D eigenvalue weighted by Crippen LogP contribution is 2.42. The summed E-state index contributed by atoms with van der Waals surface area (Å²) in [5.41, 5.74) is 2.39. The molecule has 3 rings (SSSR count). The molecular formula is C16H18O3. The zero-order valence-corrected chi connectivity index (χ0v) is 10.7. The van der Waals surface area contributed by atoms with E-state index < -0.39 is 6.29 Å². The topological polar surface area (TPSA) is 49.7 Å². The Morgan fingerprint density at radius 3 is 2.74 bits per heavy atom. The standard InChI is InChI=1S/C16H18O3/c17-10-11-6-7-15-14(8-11)13(9-16(18)19-15)12-4-2-1-3-5-12/h1-7,11,13,16-18H,8-10H2. The molecule has 1 heterocycles. The van der Waals surface area contributed by atoms with Crippen molar-refractivity contribution in [1.29, 1.82) is 0 Å². The Bertz CT molecular complexity index is 504. The van der Waals surface area contributed by atoms with Crippen molar-refractivity contribution in [2.24, 2.45) is 5.92 Å². The van der Waals surface area contributed by atoms with Crippen LogP contribution in [0.25, 0.3) is 0 Å². The third kappa shape index (κ3) is 2.44. The summed E-state index contributed by atoms with van der Waals surface area (Å²) in [6.45, 7) is 0.150. The molecule has 0 bridgehead atoms. The molecule has 3 nitrogen and oxygen atoms in total. The molecule has 0 fully saturated rings. The van der Waals surface area contributed by atoms with Crippen LogP contribution in [0, 0.1) is 5.92 Å². The zero-order valence-electron chi connectivity index (χ0n) is 10.7. The monoisotopic (exact) mass is 258 g/mol. The van der Waals surface area contributed by atoms with E-state index in [2.05, 4.69) is 12.1 Å². The summed E-state index contributed by atoms with van der Waals surface area (Å²) in [6, 6.07) is 10.2. The van der Waals surface area contributed by atoms with Crippen LogP contribution in [0.15, 0.2) is 53.8 Å². The van der Waals surface area contributed by atoms with Gasteiger partial charge in [0.15, 0.2) is 6.29 Å². The van der Waals surface area contributed by atoms with Crippen molar-refractivity contribution >= 4 is 0 Å². The predicted molar refractivity (Wildman–Crippen MR) is 72.3 cm³/mol. The van der Waals surface area contributed by atoms with Crippen LogP contribution < -0.4 is 0 Å². The van der Waals surface area contributed by atoms with Crippen LogP contribution in [-0.2, 0) is 4.74 Å². The van der Waals surface area contributed by atoms with E-state index in [1.165, 1.54) is 11.1 Å². The molecule has 3 heteroatoms. The van der Waals surface area contributed by atoms with Gasteiger partial charge in [-0.2, -0.15) is 0 Å². The quantitative estimate of drug-likeness (QED) is 0.856. The summed E-state index contributed by atoms with van der Waals surface area (Å²) in [6.07, 6.45) is 4.47. The number of rotatable bonds is 2. The molecule has 0 spiro atoms. The molecule has 0 saturated carbocycles. The van der Waals surface area contributed by atoms with Crippen LogP contribution >= 0.6 is 0 Å². The fourth-order valence-corrected chi connectivity index (χ4v) is 2.90. The van der Waals surface area contributed by atoms with Gasteiger partial charge in [0.1, 0.15) is 5.76 Å². The summed E-state index contributed by atoms with van der Waals surface area (Å²) in [5, 5.41) is 19.2. The fourth-order valence-electron chi connectivity index (χ4n) is 2.90. The lowest BCUT2D eigenvalue weighted by Crippen LogP contribution is -2.27. The summed E-state index contributed by atoms with van der Waals surface area (Å²) in [4.78, 5) is 0. The minimum atomic E-state index is -0.751. The number of allylic oxidation sites excluding steroid dienone is 2. The molecule has 100 valence electrons.